The van der Waals surface area contributed by atoms with E-state index < -0.39 is 12.1 Å². The van der Waals surface area contributed by atoms with Crippen LogP contribution in [0.15, 0.2) is 59.8 Å². The van der Waals surface area contributed by atoms with Gasteiger partial charge in [0.2, 0.25) is 0 Å². The minimum Gasteiger partial charge on any atom is -0.458 e. The van der Waals surface area contributed by atoms with Gasteiger partial charge in [0, 0.05) is 117 Å². The highest BCUT2D eigenvalue weighted by atomic mass is 16.6. The van der Waals surface area contributed by atoms with Gasteiger partial charge < -0.3 is 42.6 Å². The molecule has 12 heteroatoms. The van der Waals surface area contributed by atoms with Crippen molar-refractivity contribution < 1.29 is 57.0 Å². The molecule has 2 bridgehead atoms. The summed E-state index contributed by atoms with van der Waals surface area (Å²) in [5.74, 6) is -1.44. The Morgan fingerprint density at radius 2 is 1.37 bits per heavy atom. The van der Waals surface area contributed by atoms with E-state index in [1.54, 1.807) is 61.9 Å². The zero-order valence-electron chi connectivity index (χ0n) is 41.3. The molecule has 0 N–H and O–H groups in total. The molecule has 0 saturated carbocycles. The van der Waals surface area contributed by atoms with Gasteiger partial charge in [-0.25, -0.2) is 9.59 Å². The number of esters is 2. The van der Waals surface area contributed by atoms with Gasteiger partial charge >= 0.3 is 11.9 Å². The second-order valence-electron chi connectivity index (χ2n) is 17.9. The first-order valence-corrected chi connectivity index (χ1v) is 23.0. The van der Waals surface area contributed by atoms with Gasteiger partial charge in [0.25, 0.3) is 0 Å². The molecule has 0 unspecified atom stereocenters. The Hall–Kier alpha value is -2.97. The lowest BCUT2D eigenvalue weighted by molar-refractivity contribution is -0.152. The molecule has 0 saturated heterocycles. The van der Waals surface area contributed by atoms with Crippen molar-refractivity contribution >= 4 is 17.7 Å². The number of hydrogen-bond donors (Lipinski definition) is 0. The number of rotatable bonds is 16. The highest BCUT2D eigenvalue weighted by Crippen LogP contribution is 2.33. The van der Waals surface area contributed by atoms with Crippen LogP contribution in [0.2, 0.25) is 0 Å². The first-order valence-electron chi connectivity index (χ1n) is 23.0. The maximum absolute atomic E-state index is 13.6. The Morgan fingerprint density at radius 3 is 1.92 bits per heavy atom. The van der Waals surface area contributed by atoms with E-state index in [4.69, 9.17) is 42.6 Å². The highest BCUT2D eigenvalue weighted by Gasteiger charge is 2.36. The molecule has 2 rings (SSSR count). The fourth-order valence-corrected chi connectivity index (χ4v) is 9.19. The minimum absolute atomic E-state index is 0.00357. The molecular formula is C51H84O12. The van der Waals surface area contributed by atoms with E-state index in [9.17, 15) is 14.4 Å². The van der Waals surface area contributed by atoms with Crippen LogP contribution in [-0.2, 0) is 57.0 Å². The summed E-state index contributed by atoms with van der Waals surface area (Å²) in [5.41, 5.74) is 1.96. The van der Waals surface area contributed by atoms with Gasteiger partial charge in [0.15, 0.2) is 0 Å². The zero-order valence-corrected chi connectivity index (χ0v) is 41.3. The number of methoxy groups -OCH3 is 7. The molecule has 0 aromatic carbocycles. The summed E-state index contributed by atoms with van der Waals surface area (Å²) < 4.78 is 53.6. The Morgan fingerprint density at radius 1 is 0.746 bits per heavy atom. The van der Waals surface area contributed by atoms with Crippen LogP contribution in [0.1, 0.15) is 107 Å². The van der Waals surface area contributed by atoms with E-state index in [0.29, 0.717) is 44.9 Å². The lowest BCUT2D eigenvalue weighted by Gasteiger charge is -2.35. The van der Waals surface area contributed by atoms with Gasteiger partial charge in [0.1, 0.15) is 18.0 Å². The molecule has 63 heavy (non-hydrogen) atoms. The zero-order chi connectivity index (χ0) is 47.2. The van der Waals surface area contributed by atoms with Crippen LogP contribution >= 0.6 is 0 Å². The van der Waals surface area contributed by atoms with Crippen LogP contribution in [0.3, 0.4) is 0 Å². The van der Waals surface area contributed by atoms with Crippen molar-refractivity contribution in [3.63, 3.8) is 0 Å². The lowest BCUT2D eigenvalue weighted by atomic mass is 9.81. The average molecular weight is 889 g/mol. The van der Waals surface area contributed by atoms with Crippen molar-refractivity contribution in [1.29, 1.82) is 0 Å². The summed E-state index contributed by atoms with van der Waals surface area (Å²) in [6.07, 6.45) is 17.0. The van der Waals surface area contributed by atoms with E-state index >= 15 is 0 Å². The van der Waals surface area contributed by atoms with Crippen LogP contribution in [-0.4, -0.2) is 122 Å². The Labute approximate surface area is 380 Å². The van der Waals surface area contributed by atoms with Gasteiger partial charge in [-0.15, -0.1) is 0 Å². The maximum Gasteiger partial charge on any atom is 0.331 e. The quantitative estimate of drug-likeness (QED) is 0.108. The molecule has 0 radical (unpaired) electrons. The Kier molecular flexibility index (Phi) is 26.3. The van der Waals surface area contributed by atoms with Crippen molar-refractivity contribution in [2.45, 2.75) is 162 Å². The molecule has 2 heterocycles. The van der Waals surface area contributed by atoms with Crippen LogP contribution < -0.4 is 0 Å². The predicted molar refractivity (Wildman–Crippen MR) is 247 cm³/mol. The molecule has 0 amide bonds. The van der Waals surface area contributed by atoms with E-state index in [2.05, 4.69) is 32.9 Å². The number of ether oxygens (including phenoxy) is 9. The number of allylic oxidation sites excluding steroid dienone is 2. The normalized spacial score (nSPS) is 33.5. The standard InChI is InChI=1S/C51H84O12/c1-16-44(58-12)36(6)43(52)25-22-34(4)50(61-15)38(8)51-35(5)21-24-40(55-9)30-45(59-13)33(3)20-23-41(56-10)31-46(60-14)37(7)47-28-39(29-49(54)62-47)27-42(57-11)26-32(2)18-17-19-48(53)63-51/h17-21,23-24,29,33-38,40-42,44-47,50-51H,16,22,25-28,30-31H2,1-15H3/b19-17+,23-20+,24-21+,32-18+/t33-,34-,35-,36-,37+,38-,40-,41+,42+,44+,45-,46-,47+,50-,51-/m0/s1. The first-order chi connectivity index (χ1) is 30.0. The molecule has 0 aliphatic carbocycles. The third-order valence-electron chi connectivity index (χ3n) is 13.5. The molecule has 2 aliphatic rings. The summed E-state index contributed by atoms with van der Waals surface area (Å²) >= 11 is 0. The molecule has 15 atom stereocenters. The number of hydrogen-bond acceptors (Lipinski definition) is 12. The number of carbonyl (C=O) groups is 3. The molecular weight excluding hydrogens is 805 g/mol. The average Bonchev–Trinajstić information content (AvgIpc) is 3.26. The van der Waals surface area contributed by atoms with E-state index in [1.807, 2.05) is 52.8 Å². The van der Waals surface area contributed by atoms with E-state index in [-0.39, 0.29) is 96.1 Å². The van der Waals surface area contributed by atoms with Gasteiger partial charge in [-0.1, -0.05) is 96.1 Å². The monoisotopic (exact) mass is 889 g/mol. The summed E-state index contributed by atoms with van der Waals surface area (Å²) in [6, 6.07) is 0. The van der Waals surface area contributed by atoms with E-state index in [0.717, 1.165) is 17.6 Å². The van der Waals surface area contributed by atoms with E-state index in [1.165, 1.54) is 6.08 Å². The van der Waals surface area contributed by atoms with Crippen LogP contribution in [0.4, 0.5) is 0 Å². The molecule has 360 valence electrons. The molecule has 2 aliphatic heterocycles. The number of fused-ring (bicyclic) bond motifs is 2. The first kappa shape index (κ1) is 56.2. The molecule has 12 nitrogen and oxygen atoms in total. The minimum atomic E-state index is -0.568. The topological polar surface area (TPSA) is 134 Å². The van der Waals surface area contributed by atoms with Gasteiger partial charge in [-0.05, 0) is 38.5 Å². The van der Waals surface area contributed by atoms with Crippen molar-refractivity contribution in [1.82, 2.24) is 0 Å². The largest absolute Gasteiger partial charge is 0.458 e. The molecule has 0 spiro atoms. The molecule has 0 aromatic heterocycles. The summed E-state index contributed by atoms with van der Waals surface area (Å²) in [4.78, 5) is 39.7. The number of Topliss-reactive ketones (excluding diaryl/α,β-unsaturated/α-hetero) is 1. The second kappa shape index (κ2) is 29.5. The maximum atomic E-state index is 13.6. The van der Waals surface area contributed by atoms with Gasteiger partial charge in [-0.3, -0.25) is 4.79 Å². The highest BCUT2D eigenvalue weighted by molar-refractivity contribution is 5.84. The van der Waals surface area contributed by atoms with Crippen LogP contribution in [0.25, 0.3) is 0 Å². The fourth-order valence-electron chi connectivity index (χ4n) is 9.19. The smallest absolute Gasteiger partial charge is 0.331 e. The second-order valence-corrected chi connectivity index (χ2v) is 17.9. The fraction of sp³-hybridized carbons (Fsp3) is 0.745. The van der Waals surface area contributed by atoms with Gasteiger partial charge in [-0.2, -0.15) is 0 Å². The third-order valence-corrected chi connectivity index (χ3v) is 13.5. The predicted octanol–water partition coefficient (Wildman–Crippen LogP) is 9.01. The SMILES string of the molecule is CC[C@@H](OC)[C@@H](C)C(=O)CC[C@H](C)[C@H](OC)[C@H](C)[C@H]1OC(=O)/C=C/C=C(\C)C[C@@H](OC)CC2=CC(=O)O[C@H](C2)[C@H](C)[C@@H](OC)C[C@H](OC)/C=C/[C@H](C)[C@@H](OC)C[C@@H](OC)/C=C/[C@@H]1C. The summed E-state index contributed by atoms with van der Waals surface area (Å²) in [6.45, 7) is 16.3. The number of ketones is 1. The van der Waals surface area contributed by atoms with Crippen molar-refractivity contribution in [3.8, 4) is 0 Å². The Balaban J connectivity index is 2.53. The number of carbonyl (C=O) groups excluding carboxylic acids is 3. The van der Waals surface area contributed by atoms with Crippen molar-refractivity contribution in [3.05, 3.63) is 59.8 Å². The van der Waals surface area contributed by atoms with Crippen molar-refractivity contribution in [2.75, 3.05) is 49.8 Å². The van der Waals surface area contributed by atoms with Crippen molar-refractivity contribution in [2.24, 2.45) is 35.5 Å². The Bertz CT molecular complexity index is 1510. The summed E-state index contributed by atoms with van der Waals surface area (Å²) in [7, 11) is 11.7. The number of cyclic esters (lactones) is 1. The summed E-state index contributed by atoms with van der Waals surface area (Å²) in [5, 5.41) is 0. The third kappa shape index (κ3) is 18.4. The lowest BCUT2D eigenvalue weighted by Crippen LogP contribution is -2.41. The van der Waals surface area contributed by atoms with Crippen LogP contribution in [0.5, 0.6) is 0 Å². The molecule has 0 aromatic rings. The van der Waals surface area contributed by atoms with Gasteiger partial charge in [0.05, 0.1) is 42.7 Å². The molecule has 0 fully saturated rings. The van der Waals surface area contributed by atoms with Crippen LogP contribution in [0, 0.1) is 35.5 Å².